The Balaban J connectivity index is 2.11. The Labute approximate surface area is 125 Å². The second-order valence-corrected chi connectivity index (χ2v) is 5.26. The van der Waals surface area contributed by atoms with Crippen molar-refractivity contribution in [3.63, 3.8) is 0 Å². The number of hydrogen-bond donors (Lipinski definition) is 0. The van der Waals surface area contributed by atoms with E-state index in [9.17, 15) is 0 Å². The molecule has 21 heavy (non-hydrogen) atoms. The van der Waals surface area contributed by atoms with Crippen LogP contribution in [0, 0.1) is 6.92 Å². The molecular formula is C14H11ClN6. The standard InChI is InChI=1S/C14H11ClN6/c1-8-4-3-5-10-11(8)13-18-12(9-6-16-20(2)7-9)19-21(13)14(15)17-10/h3-7H,1-2H3. The van der Waals surface area contributed by atoms with Crippen LogP contribution in [-0.4, -0.2) is 29.4 Å². The number of halogens is 1. The van der Waals surface area contributed by atoms with E-state index in [1.807, 2.05) is 38.4 Å². The molecule has 0 saturated carbocycles. The number of fused-ring (bicyclic) bond motifs is 3. The van der Waals surface area contributed by atoms with E-state index in [2.05, 4.69) is 20.2 Å². The third kappa shape index (κ3) is 1.80. The number of aryl methyl sites for hydroxylation is 2. The number of rotatable bonds is 1. The average molecular weight is 299 g/mol. The summed E-state index contributed by atoms with van der Waals surface area (Å²) in [5, 5.41) is 9.85. The first kappa shape index (κ1) is 12.3. The maximum absolute atomic E-state index is 6.22. The minimum absolute atomic E-state index is 0.297. The molecule has 0 aliphatic heterocycles. The molecule has 0 aliphatic carbocycles. The largest absolute Gasteiger partial charge is 0.275 e. The normalized spacial score (nSPS) is 11.6. The molecule has 4 rings (SSSR count). The molecule has 4 aromatic rings. The minimum Gasteiger partial charge on any atom is -0.275 e. The first-order valence-corrected chi connectivity index (χ1v) is 6.82. The van der Waals surface area contributed by atoms with Gasteiger partial charge in [0.1, 0.15) is 0 Å². The Kier molecular flexibility index (Phi) is 2.49. The zero-order valence-electron chi connectivity index (χ0n) is 11.4. The molecule has 0 spiro atoms. The molecule has 0 atom stereocenters. The van der Waals surface area contributed by atoms with E-state index >= 15 is 0 Å². The average Bonchev–Trinajstić information content (AvgIpc) is 3.05. The van der Waals surface area contributed by atoms with Crippen molar-refractivity contribution in [2.45, 2.75) is 6.92 Å². The number of hydrogen-bond acceptors (Lipinski definition) is 4. The zero-order chi connectivity index (χ0) is 14.6. The lowest BCUT2D eigenvalue weighted by atomic mass is 10.1. The van der Waals surface area contributed by atoms with Crippen molar-refractivity contribution in [2.24, 2.45) is 7.05 Å². The second-order valence-electron chi connectivity index (χ2n) is 4.92. The van der Waals surface area contributed by atoms with Crippen LogP contribution in [0.3, 0.4) is 0 Å². The van der Waals surface area contributed by atoms with Crippen LogP contribution in [0.1, 0.15) is 5.56 Å². The summed E-state index contributed by atoms with van der Waals surface area (Å²) in [7, 11) is 1.85. The summed E-state index contributed by atoms with van der Waals surface area (Å²) in [6, 6.07) is 5.90. The lowest BCUT2D eigenvalue weighted by molar-refractivity contribution is 0.768. The summed E-state index contributed by atoms with van der Waals surface area (Å²) in [6.07, 6.45) is 3.59. The fraction of sp³-hybridized carbons (Fsp3) is 0.143. The van der Waals surface area contributed by atoms with Crippen molar-refractivity contribution >= 4 is 28.2 Å². The van der Waals surface area contributed by atoms with Crippen molar-refractivity contribution in [3.05, 3.63) is 41.4 Å². The van der Waals surface area contributed by atoms with Crippen LogP contribution in [0.2, 0.25) is 5.28 Å². The van der Waals surface area contributed by atoms with Gasteiger partial charge in [0.2, 0.25) is 5.28 Å². The summed E-state index contributed by atoms with van der Waals surface area (Å²) in [4.78, 5) is 9.00. The summed E-state index contributed by atoms with van der Waals surface area (Å²) in [5.74, 6) is 0.586. The molecule has 0 bridgehead atoms. The molecule has 0 radical (unpaired) electrons. The predicted octanol–water partition coefficient (Wildman–Crippen LogP) is 2.64. The van der Waals surface area contributed by atoms with Gasteiger partial charge < -0.3 is 0 Å². The van der Waals surface area contributed by atoms with Crippen molar-refractivity contribution in [1.29, 1.82) is 0 Å². The van der Waals surface area contributed by atoms with Crippen LogP contribution in [0.4, 0.5) is 0 Å². The van der Waals surface area contributed by atoms with Gasteiger partial charge in [-0.15, -0.1) is 5.10 Å². The van der Waals surface area contributed by atoms with E-state index in [1.54, 1.807) is 15.4 Å². The van der Waals surface area contributed by atoms with E-state index in [0.29, 0.717) is 16.8 Å². The summed E-state index contributed by atoms with van der Waals surface area (Å²) >= 11 is 6.22. The van der Waals surface area contributed by atoms with E-state index in [0.717, 1.165) is 22.0 Å². The molecule has 1 aromatic carbocycles. The fourth-order valence-electron chi connectivity index (χ4n) is 2.44. The predicted molar refractivity (Wildman–Crippen MR) is 80.2 cm³/mol. The lowest BCUT2D eigenvalue weighted by Crippen LogP contribution is -1.96. The van der Waals surface area contributed by atoms with E-state index in [-0.39, 0.29) is 0 Å². The quantitative estimate of drug-likeness (QED) is 0.507. The Morgan fingerprint density at radius 3 is 2.81 bits per heavy atom. The van der Waals surface area contributed by atoms with Crippen molar-refractivity contribution in [2.75, 3.05) is 0 Å². The van der Waals surface area contributed by atoms with Gasteiger partial charge in [-0.2, -0.15) is 9.61 Å². The summed E-state index contributed by atoms with van der Waals surface area (Å²) < 4.78 is 3.28. The van der Waals surface area contributed by atoms with Gasteiger partial charge in [-0.1, -0.05) is 12.1 Å². The van der Waals surface area contributed by atoms with Crippen LogP contribution in [0.15, 0.2) is 30.6 Å². The highest BCUT2D eigenvalue weighted by molar-refractivity contribution is 6.29. The lowest BCUT2D eigenvalue weighted by Gasteiger charge is -2.03. The number of nitrogens with zero attached hydrogens (tertiary/aromatic N) is 6. The first-order chi connectivity index (χ1) is 10.1. The Hall–Kier alpha value is -2.47. The fourth-order valence-corrected chi connectivity index (χ4v) is 2.65. The molecule has 0 unspecified atom stereocenters. The Morgan fingerprint density at radius 2 is 2.05 bits per heavy atom. The highest BCUT2D eigenvalue weighted by Crippen LogP contribution is 2.26. The molecule has 0 amide bonds. The number of aromatic nitrogens is 6. The third-order valence-corrected chi connectivity index (χ3v) is 3.68. The van der Waals surface area contributed by atoms with Gasteiger partial charge in [0, 0.05) is 18.6 Å². The minimum atomic E-state index is 0.297. The second kappa shape index (κ2) is 4.26. The molecule has 0 aliphatic rings. The van der Waals surface area contributed by atoms with Gasteiger partial charge in [0.05, 0.1) is 17.3 Å². The van der Waals surface area contributed by atoms with Gasteiger partial charge >= 0.3 is 0 Å². The van der Waals surface area contributed by atoms with Crippen molar-refractivity contribution in [3.8, 4) is 11.4 Å². The van der Waals surface area contributed by atoms with E-state index < -0.39 is 0 Å². The van der Waals surface area contributed by atoms with Crippen LogP contribution < -0.4 is 0 Å². The Bertz CT molecular complexity index is 984. The Morgan fingerprint density at radius 1 is 1.19 bits per heavy atom. The topological polar surface area (TPSA) is 60.9 Å². The highest BCUT2D eigenvalue weighted by Gasteiger charge is 2.15. The maximum Gasteiger partial charge on any atom is 0.226 e. The van der Waals surface area contributed by atoms with Crippen LogP contribution >= 0.6 is 11.6 Å². The molecule has 0 saturated heterocycles. The van der Waals surface area contributed by atoms with Crippen LogP contribution in [-0.2, 0) is 7.05 Å². The molecule has 3 aromatic heterocycles. The molecule has 7 heteroatoms. The van der Waals surface area contributed by atoms with Gasteiger partial charge in [-0.3, -0.25) is 4.68 Å². The van der Waals surface area contributed by atoms with Gasteiger partial charge in [0.15, 0.2) is 11.5 Å². The molecule has 104 valence electrons. The van der Waals surface area contributed by atoms with Gasteiger partial charge in [-0.25, -0.2) is 9.97 Å². The number of benzene rings is 1. The smallest absolute Gasteiger partial charge is 0.226 e. The van der Waals surface area contributed by atoms with Gasteiger partial charge in [-0.05, 0) is 30.2 Å². The molecule has 0 fully saturated rings. The molecule has 6 nitrogen and oxygen atoms in total. The summed E-state index contributed by atoms with van der Waals surface area (Å²) in [5.41, 5.74) is 3.46. The van der Waals surface area contributed by atoms with E-state index in [1.165, 1.54) is 0 Å². The molecule has 3 heterocycles. The first-order valence-electron chi connectivity index (χ1n) is 6.44. The van der Waals surface area contributed by atoms with Crippen LogP contribution in [0.25, 0.3) is 27.9 Å². The summed E-state index contributed by atoms with van der Waals surface area (Å²) in [6.45, 7) is 2.02. The highest BCUT2D eigenvalue weighted by atomic mass is 35.5. The molecule has 0 N–H and O–H groups in total. The zero-order valence-corrected chi connectivity index (χ0v) is 12.2. The third-order valence-electron chi connectivity index (χ3n) is 3.43. The maximum atomic E-state index is 6.22. The SMILES string of the molecule is Cc1cccc2nc(Cl)n3nc(-c4cnn(C)c4)nc3c12. The van der Waals surface area contributed by atoms with Gasteiger partial charge in [0.25, 0.3) is 0 Å². The molecular weight excluding hydrogens is 288 g/mol. The van der Waals surface area contributed by atoms with Crippen molar-refractivity contribution in [1.82, 2.24) is 29.4 Å². The van der Waals surface area contributed by atoms with E-state index in [4.69, 9.17) is 11.6 Å². The van der Waals surface area contributed by atoms with Crippen molar-refractivity contribution < 1.29 is 0 Å². The monoisotopic (exact) mass is 298 g/mol. The van der Waals surface area contributed by atoms with Crippen LogP contribution in [0.5, 0.6) is 0 Å².